The van der Waals surface area contributed by atoms with Crippen LogP contribution in [0.15, 0.2) is 60.9 Å². The maximum absolute atomic E-state index is 14.3. The van der Waals surface area contributed by atoms with Crippen molar-refractivity contribution in [3.63, 3.8) is 0 Å². The fourth-order valence-electron chi connectivity index (χ4n) is 5.82. The first-order valence-electron chi connectivity index (χ1n) is 14.3. The first-order chi connectivity index (χ1) is 21.7. The van der Waals surface area contributed by atoms with Crippen LogP contribution >= 0.6 is 11.6 Å². The molecule has 0 radical (unpaired) electrons. The molecule has 2 aliphatic heterocycles. The molecule has 0 N–H and O–H groups in total. The number of hydrogen-bond acceptors (Lipinski definition) is 6. The van der Waals surface area contributed by atoms with Crippen LogP contribution in [0.2, 0.25) is 5.02 Å². The molecule has 2 fully saturated rings. The minimum Gasteiger partial charge on any atom is -0.495 e. The van der Waals surface area contributed by atoms with Crippen LogP contribution in [0.25, 0.3) is 0 Å². The Balaban J connectivity index is 1.46. The van der Waals surface area contributed by atoms with Crippen molar-refractivity contribution < 1.29 is 45.4 Å². The second-order valence-electron chi connectivity index (χ2n) is 10.9. The highest BCUT2D eigenvalue weighted by Gasteiger charge is 2.49. The molecular formula is C31H29ClF6N4O4. The zero-order chi connectivity index (χ0) is 33.3. The molecule has 0 bridgehead atoms. The maximum Gasteiger partial charge on any atom is 0.417 e. The van der Waals surface area contributed by atoms with Gasteiger partial charge in [-0.05, 0) is 49.2 Å². The number of aromatic nitrogens is 1. The number of hydrogen-bond donors (Lipinski definition) is 0. The van der Waals surface area contributed by atoms with Gasteiger partial charge in [-0.25, -0.2) is 0 Å². The lowest BCUT2D eigenvalue weighted by Gasteiger charge is -2.45. The molecule has 0 aliphatic carbocycles. The number of carbonyl (C=O) groups excluding carboxylic acids is 2. The smallest absolute Gasteiger partial charge is 0.417 e. The minimum atomic E-state index is -4.86. The summed E-state index contributed by atoms with van der Waals surface area (Å²) in [6.45, 7) is 0.645. The van der Waals surface area contributed by atoms with Crippen LogP contribution in [0.5, 0.6) is 11.5 Å². The van der Waals surface area contributed by atoms with Gasteiger partial charge in [-0.15, -0.1) is 0 Å². The van der Waals surface area contributed by atoms with E-state index in [2.05, 4.69) is 4.98 Å². The van der Waals surface area contributed by atoms with E-state index in [4.69, 9.17) is 21.1 Å². The fraction of sp³-hybridized carbons (Fsp3) is 0.387. The van der Waals surface area contributed by atoms with E-state index in [9.17, 15) is 35.9 Å². The largest absolute Gasteiger partial charge is 0.495 e. The number of anilines is 1. The number of pyridine rings is 1. The molecule has 5 rings (SSSR count). The molecule has 3 heterocycles. The molecule has 0 saturated carbocycles. The Labute approximate surface area is 265 Å². The second-order valence-corrected chi connectivity index (χ2v) is 11.3. The molecule has 1 unspecified atom stereocenters. The van der Waals surface area contributed by atoms with Crippen molar-refractivity contribution in [2.24, 2.45) is 0 Å². The Morgan fingerprint density at radius 1 is 0.891 bits per heavy atom. The van der Waals surface area contributed by atoms with Crippen LogP contribution < -0.4 is 14.4 Å². The van der Waals surface area contributed by atoms with E-state index < -0.39 is 58.0 Å². The number of rotatable bonds is 6. The third kappa shape index (κ3) is 6.81. The number of methoxy groups -OCH3 is 1. The van der Waals surface area contributed by atoms with E-state index in [-0.39, 0.29) is 38.2 Å². The van der Waals surface area contributed by atoms with Crippen molar-refractivity contribution in [1.29, 1.82) is 0 Å². The summed E-state index contributed by atoms with van der Waals surface area (Å²) in [5, 5.41) is -0.579. The third-order valence-electron chi connectivity index (χ3n) is 8.04. The van der Waals surface area contributed by atoms with Gasteiger partial charge in [0.05, 0.1) is 41.1 Å². The molecule has 8 nitrogen and oxygen atoms in total. The summed E-state index contributed by atoms with van der Waals surface area (Å²) in [4.78, 5) is 36.1. The van der Waals surface area contributed by atoms with Crippen LogP contribution in [0.4, 0.5) is 32.0 Å². The van der Waals surface area contributed by atoms with Crippen LogP contribution in [-0.2, 0) is 17.1 Å². The molecule has 46 heavy (non-hydrogen) atoms. The zero-order valence-electron chi connectivity index (χ0n) is 24.5. The highest BCUT2D eigenvalue weighted by Crippen LogP contribution is 2.40. The number of alkyl halides is 6. The molecule has 0 spiro atoms. The standard InChI is InChI=1S/C31H29ClF6N4O4/c1-45-26-6-3-2-5-25(26)40-13-15-41(16-14-40)28(44)29(46-20-7-8-24(32)23(17-20)31(36,37)38)10-4-12-42(19-29)27(43)21-18-39-11-9-22(21)30(33,34)35/h2-3,5-9,11,17-18H,4,10,12-16,19H2,1H3. The van der Waals surface area contributed by atoms with Gasteiger partial charge in [0, 0.05) is 45.1 Å². The summed E-state index contributed by atoms with van der Waals surface area (Å²) >= 11 is 5.80. The summed E-state index contributed by atoms with van der Waals surface area (Å²) in [6.07, 6.45) is -7.85. The molecule has 1 aromatic heterocycles. The van der Waals surface area contributed by atoms with E-state index in [1.54, 1.807) is 13.2 Å². The number of para-hydroxylation sites is 2. The Morgan fingerprint density at radius 2 is 1.59 bits per heavy atom. The van der Waals surface area contributed by atoms with Gasteiger partial charge >= 0.3 is 12.4 Å². The topological polar surface area (TPSA) is 75.2 Å². The summed E-state index contributed by atoms with van der Waals surface area (Å²) in [5.74, 6) is -1.32. The van der Waals surface area contributed by atoms with Crippen LogP contribution in [0.1, 0.15) is 34.3 Å². The molecule has 2 amide bonds. The van der Waals surface area contributed by atoms with E-state index in [0.29, 0.717) is 31.0 Å². The molecule has 3 aromatic rings. The average Bonchev–Trinajstić information content (AvgIpc) is 3.04. The first-order valence-corrected chi connectivity index (χ1v) is 14.6. The lowest BCUT2D eigenvalue weighted by molar-refractivity contribution is -0.153. The number of carbonyl (C=O) groups is 2. The predicted molar refractivity (Wildman–Crippen MR) is 156 cm³/mol. The third-order valence-corrected chi connectivity index (χ3v) is 8.37. The van der Waals surface area contributed by atoms with E-state index >= 15 is 0 Å². The van der Waals surface area contributed by atoms with Gasteiger partial charge in [-0.2, -0.15) is 26.3 Å². The van der Waals surface area contributed by atoms with Crippen molar-refractivity contribution in [3.05, 3.63) is 82.6 Å². The first kappa shape index (κ1) is 33.2. The number of piperazine rings is 1. The highest BCUT2D eigenvalue weighted by molar-refractivity contribution is 6.31. The van der Waals surface area contributed by atoms with Crippen molar-refractivity contribution in [3.8, 4) is 11.5 Å². The summed E-state index contributed by atoms with van der Waals surface area (Å²) in [5.41, 5.74) is -4.19. The zero-order valence-corrected chi connectivity index (χ0v) is 25.3. The molecular weight excluding hydrogens is 642 g/mol. The van der Waals surface area contributed by atoms with Crippen LogP contribution in [0.3, 0.4) is 0 Å². The number of nitrogens with zero attached hydrogens (tertiary/aromatic N) is 4. The summed E-state index contributed by atoms with van der Waals surface area (Å²) in [6, 6.07) is 10.9. The van der Waals surface area contributed by atoms with Gasteiger partial charge in [0.25, 0.3) is 11.8 Å². The maximum atomic E-state index is 14.3. The number of amides is 2. The lowest BCUT2D eigenvalue weighted by Crippen LogP contribution is -2.64. The van der Waals surface area contributed by atoms with Gasteiger partial charge < -0.3 is 24.2 Å². The van der Waals surface area contributed by atoms with Gasteiger partial charge in [-0.3, -0.25) is 14.6 Å². The van der Waals surface area contributed by atoms with Crippen molar-refractivity contribution >= 4 is 29.1 Å². The predicted octanol–water partition coefficient (Wildman–Crippen LogP) is 6.18. The molecule has 2 saturated heterocycles. The van der Waals surface area contributed by atoms with Gasteiger partial charge in [-0.1, -0.05) is 23.7 Å². The Kier molecular flexibility index (Phi) is 9.30. The highest BCUT2D eigenvalue weighted by atomic mass is 35.5. The second kappa shape index (κ2) is 12.9. The van der Waals surface area contributed by atoms with Gasteiger partial charge in [0.1, 0.15) is 11.5 Å². The molecule has 1 atom stereocenters. The van der Waals surface area contributed by atoms with E-state index in [0.717, 1.165) is 29.0 Å². The van der Waals surface area contributed by atoms with Crippen LogP contribution in [0, 0.1) is 0 Å². The normalized spacial score (nSPS) is 19.2. The van der Waals surface area contributed by atoms with Gasteiger partial charge in [0.15, 0.2) is 0 Å². The molecule has 15 heteroatoms. The summed E-state index contributed by atoms with van der Waals surface area (Å²) < 4.78 is 93.9. The van der Waals surface area contributed by atoms with Crippen molar-refractivity contribution in [2.75, 3.05) is 51.3 Å². The fourth-order valence-corrected chi connectivity index (χ4v) is 6.04. The van der Waals surface area contributed by atoms with E-state index in [1.165, 1.54) is 11.0 Å². The molecule has 2 aliphatic rings. The average molecular weight is 671 g/mol. The Bertz CT molecular complexity index is 1600. The van der Waals surface area contributed by atoms with Gasteiger partial charge in [0.2, 0.25) is 5.60 Å². The monoisotopic (exact) mass is 670 g/mol. The Morgan fingerprint density at radius 3 is 2.26 bits per heavy atom. The SMILES string of the molecule is COc1ccccc1N1CCN(C(=O)C2(Oc3ccc(Cl)c(C(F)(F)F)c3)CCCN(C(=O)c3cnccc3C(F)(F)F)C2)CC1. The lowest BCUT2D eigenvalue weighted by atomic mass is 9.89. The van der Waals surface area contributed by atoms with Crippen molar-refractivity contribution in [1.82, 2.24) is 14.8 Å². The van der Waals surface area contributed by atoms with E-state index in [1.807, 2.05) is 23.1 Å². The number of likely N-dealkylation sites (tertiary alicyclic amines) is 1. The quantitative estimate of drug-likeness (QED) is 0.292. The minimum absolute atomic E-state index is 0.00845. The molecule has 2 aromatic carbocycles. The number of piperidine rings is 1. The number of benzene rings is 2. The number of ether oxygens (including phenoxy) is 2. The Hall–Kier alpha value is -4.20. The van der Waals surface area contributed by atoms with Crippen LogP contribution in [-0.4, -0.2) is 78.6 Å². The number of halogens is 7. The van der Waals surface area contributed by atoms with Crippen molar-refractivity contribution in [2.45, 2.75) is 30.8 Å². The summed E-state index contributed by atoms with van der Waals surface area (Å²) in [7, 11) is 1.54. The molecule has 246 valence electrons.